The Kier molecular flexibility index (Phi) is 4.60. The summed E-state index contributed by atoms with van der Waals surface area (Å²) in [5, 5.41) is 3.38. The Balaban J connectivity index is 2.02. The summed E-state index contributed by atoms with van der Waals surface area (Å²) in [6, 6.07) is 3.72. The normalized spacial score (nSPS) is 15.8. The Bertz CT molecular complexity index is 467. The Morgan fingerprint density at radius 3 is 2.70 bits per heavy atom. The molecule has 5 nitrogen and oxygen atoms in total. The molecule has 110 valence electrons. The number of hydrogen-bond donors (Lipinski definition) is 2. The van der Waals surface area contributed by atoms with E-state index in [2.05, 4.69) is 10.3 Å². The van der Waals surface area contributed by atoms with E-state index in [0.717, 1.165) is 18.8 Å². The summed E-state index contributed by atoms with van der Waals surface area (Å²) < 4.78 is 0. The van der Waals surface area contributed by atoms with Gasteiger partial charge in [0.2, 0.25) is 0 Å². The first-order valence-electron chi connectivity index (χ1n) is 7.33. The Morgan fingerprint density at radius 2 is 2.15 bits per heavy atom. The number of carbonyl (C=O) groups is 1. The molecule has 2 rings (SSSR count). The number of nitrogens with two attached hydrogens (primary N) is 1. The van der Waals surface area contributed by atoms with Crippen molar-refractivity contribution in [3.63, 3.8) is 0 Å². The number of pyridine rings is 1. The van der Waals surface area contributed by atoms with Gasteiger partial charge in [-0.15, -0.1) is 0 Å². The zero-order valence-electron chi connectivity index (χ0n) is 12.4. The molecule has 1 amide bonds. The lowest BCUT2D eigenvalue weighted by Gasteiger charge is -2.19. The van der Waals surface area contributed by atoms with E-state index in [4.69, 9.17) is 5.73 Å². The third kappa shape index (κ3) is 3.28. The molecule has 1 heterocycles. The average molecular weight is 276 g/mol. The number of hydrogen-bond acceptors (Lipinski definition) is 4. The van der Waals surface area contributed by atoms with Gasteiger partial charge in [0.1, 0.15) is 5.69 Å². The van der Waals surface area contributed by atoms with E-state index in [0.29, 0.717) is 18.8 Å². The van der Waals surface area contributed by atoms with Gasteiger partial charge in [0.05, 0.1) is 0 Å². The van der Waals surface area contributed by atoms with Crippen LogP contribution in [-0.2, 0) is 0 Å². The number of nitrogens with one attached hydrogen (secondary N) is 1. The Hall–Kier alpha value is -1.62. The van der Waals surface area contributed by atoms with Gasteiger partial charge >= 0.3 is 0 Å². The predicted octanol–water partition coefficient (Wildman–Crippen LogP) is 1.71. The van der Waals surface area contributed by atoms with Crippen molar-refractivity contribution in [3.8, 4) is 0 Å². The van der Waals surface area contributed by atoms with E-state index < -0.39 is 0 Å². The fourth-order valence-electron chi connectivity index (χ4n) is 2.25. The van der Waals surface area contributed by atoms with Crippen LogP contribution in [0.2, 0.25) is 0 Å². The van der Waals surface area contributed by atoms with Crippen LogP contribution >= 0.6 is 0 Å². The molecule has 20 heavy (non-hydrogen) atoms. The standard InChI is InChI=1S/C15H24N4O/c1-3-19(4-2)14(20)13-9-12(5-8-17-13)18-11-15(10-16)6-7-15/h5,8-9H,3-4,6-7,10-11,16H2,1-2H3,(H,17,18). The largest absolute Gasteiger partial charge is 0.384 e. The molecule has 1 aromatic heterocycles. The summed E-state index contributed by atoms with van der Waals surface area (Å²) in [5.41, 5.74) is 7.48. The fraction of sp³-hybridized carbons (Fsp3) is 0.600. The van der Waals surface area contributed by atoms with Crippen molar-refractivity contribution in [1.29, 1.82) is 0 Å². The van der Waals surface area contributed by atoms with Crippen molar-refractivity contribution >= 4 is 11.6 Å². The van der Waals surface area contributed by atoms with Crippen LogP contribution in [0.15, 0.2) is 18.3 Å². The first-order chi connectivity index (χ1) is 9.64. The lowest BCUT2D eigenvalue weighted by molar-refractivity contribution is 0.0767. The third-order valence-corrected chi connectivity index (χ3v) is 4.09. The van der Waals surface area contributed by atoms with Gasteiger partial charge in [-0.05, 0) is 50.8 Å². The molecule has 0 aromatic carbocycles. The highest BCUT2D eigenvalue weighted by Gasteiger charge is 2.40. The van der Waals surface area contributed by atoms with Crippen LogP contribution in [0.5, 0.6) is 0 Å². The summed E-state index contributed by atoms with van der Waals surface area (Å²) in [5.74, 6) is -0.0152. The van der Waals surface area contributed by atoms with Gasteiger partial charge in [0, 0.05) is 31.5 Å². The topological polar surface area (TPSA) is 71.2 Å². The van der Waals surface area contributed by atoms with Crippen molar-refractivity contribution in [1.82, 2.24) is 9.88 Å². The van der Waals surface area contributed by atoms with E-state index in [1.165, 1.54) is 12.8 Å². The molecule has 1 aromatic rings. The highest BCUT2D eigenvalue weighted by atomic mass is 16.2. The van der Waals surface area contributed by atoms with Crippen LogP contribution in [-0.4, -0.2) is 42.0 Å². The Morgan fingerprint density at radius 1 is 1.45 bits per heavy atom. The van der Waals surface area contributed by atoms with Gasteiger partial charge in [-0.1, -0.05) is 0 Å². The number of nitrogens with zero attached hydrogens (tertiary/aromatic N) is 2. The summed E-state index contributed by atoms with van der Waals surface area (Å²) >= 11 is 0. The molecule has 0 spiro atoms. The van der Waals surface area contributed by atoms with E-state index in [9.17, 15) is 4.79 Å². The number of carbonyl (C=O) groups excluding carboxylic acids is 1. The molecule has 5 heteroatoms. The first kappa shape index (κ1) is 14.8. The summed E-state index contributed by atoms with van der Waals surface area (Å²) in [4.78, 5) is 18.2. The second kappa shape index (κ2) is 6.22. The number of rotatable bonds is 7. The van der Waals surface area contributed by atoms with Crippen molar-refractivity contribution in [2.75, 3.05) is 31.5 Å². The maximum atomic E-state index is 12.2. The zero-order chi connectivity index (χ0) is 14.6. The third-order valence-electron chi connectivity index (χ3n) is 4.09. The lowest BCUT2D eigenvalue weighted by Crippen LogP contribution is -2.31. The van der Waals surface area contributed by atoms with Crippen molar-refractivity contribution in [2.45, 2.75) is 26.7 Å². The van der Waals surface area contributed by atoms with Crippen LogP contribution in [0, 0.1) is 5.41 Å². The van der Waals surface area contributed by atoms with Crippen LogP contribution in [0.4, 0.5) is 5.69 Å². The minimum atomic E-state index is -0.0152. The number of amides is 1. The quantitative estimate of drug-likeness (QED) is 0.795. The van der Waals surface area contributed by atoms with E-state index in [-0.39, 0.29) is 11.3 Å². The SMILES string of the molecule is CCN(CC)C(=O)c1cc(NCC2(CN)CC2)ccn1. The molecular weight excluding hydrogens is 252 g/mol. The zero-order valence-corrected chi connectivity index (χ0v) is 12.4. The number of aromatic nitrogens is 1. The highest BCUT2D eigenvalue weighted by molar-refractivity contribution is 5.93. The van der Waals surface area contributed by atoms with E-state index >= 15 is 0 Å². The molecule has 1 aliphatic carbocycles. The monoisotopic (exact) mass is 276 g/mol. The van der Waals surface area contributed by atoms with Gasteiger partial charge in [-0.2, -0.15) is 0 Å². The maximum Gasteiger partial charge on any atom is 0.272 e. The minimum Gasteiger partial charge on any atom is -0.384 e. The molecule has 0 aliphatic heterocycles. The molecule has 1 saturated carbocycles. The van der Waals surface area contributed by atoms with Crippen LogP contribution in [0.1, 0.15) is 37.2 Å². The molecule has 0 unspecified atom stereocenters. The molecule has 3 N–H and O–H groups in total. The van der Waals surface area contributed by atoms with Crippen LogP contribution < -0.4 is 11.1 Å². The number of anilines is 1. The molecular formula is C15H24N4O. The van der Waals surface area contributed by atoms with Gasteiger partial charge in [-0.3, -0.25) is 9.78 Å². The first-order valence-corrected chi connectivity index (χ1v) is 7.33. The second-order valence-corrected chi connectivity index (χ2v) is 5.46. The minimum absolute atomic E-state index is 0.0152. The molecule has 0 saturated heterocycles. The predicted molar refractivity (Wildman–Crippen MR) is 80.7 cm³/mol. The van der Waals surface area contributed by atoms with Crippen molar-refractivity contribution < 1.29 is 4.79 Å². The highest BCUT2D eigenvalue weighted by Crippen LogP contribution is 2.44. The van der Waals surface area contributed by atoms with E-state index in [1.54, 1.807) is 11.1 Å². The molecule has 1 fully saturated rings. The lowest BCUT2D eigenvalue weighted by atomic mass is 10.1. The second-order valence-electron chi connectivity index (χ2n) is 5.46. The molecule has 0 bridgehead atoms. The fourth-order valence-corrected chi connectivity index (χ4v) is 2.25. The summed E-state index contributed by atoms with van der Waals surface area (Å²) in [7, 11) is 0. The van der Waals surface area contributed by atoms with Gasteiger partial charge < -0.3 is 16.0 Å². The summed E-state index contributed by atoms with van der Waals surface area (Å²) in [6.07, 6.45) is 4.06. The average Bonchev–Trinajstić information content (AvgIpc) is 3.27. The van der Waals surface area contributed by atoms with Crippen molar-refractivity contribution in [2.24, 2.45) is 11.1 Å². The van der Waals surface area contributed by atoms with Gasteiger partial charge in [0.25, 0.3) is 5.91 Å². The smallest absolute Gasteiger partial charge is 0.272 e. The van der Waals surface area contributed by atoms with E-state index in [1.807, 2.05) is 26.0 Å². The maximum absolute atomic E-state index is 12.2. The van der Waals surface area contributed by atoms with Crippen LogP contribution in [0.25, 0.3) is 0 Å². The Labute approximate surface area is 120 Å². The van der Waals surface area contributed by atoms with Crippen LogP contribution in [0.3, 0.4) is 0 Å². The van der Waals surface area contributed by atoms with Gasteiger partial charge in [-0.25, -0.2) is 0 Å². The molecule has 1 aliphatic rings. The van der Waals surface area contributed by atoms with Crippen molar-refractivity contribution in [3.05, 3.63) is 24.0 Å². The molecule has 0 radical (unpaired) electrons. The van der Waals surface area contributed by atoms with Gasteiger partial charge in [0.15, 0.2) is 0 Å². The molecule has 0 atom stereocenters. The summed E-state index contributed by atoms with van der Waals surface area (Å²) in [6.45, 7) is 6.93.